The van der Waals surface area contributed by atoms with Crippen molar-refractivity contribution in [3.63, 3.8) is 0 Å². The molecule has 2 aromatic heterocycles. The second-order valence-corrected chi connectivity index (χ2v) is 8.66. The van der Waals surface area contributed by atoms with Crippen LogP contribution in [0.3, 0.4) is 0 Å². The first-order chi connectivity index (χ1) is 17.2. The highest BCUT2D eigenvalue weighted by Gasteiger charge is 2.20. The summed E-state index contributed by atoms with van der Waals surface area (Å²) in [5.41, 5.74) is 3.60. The Bertz CT molecular complexity index is 1430. The first-order valence-corrected chi connectivity index (χ1v) is 12.0. The average molecular weight is 485 g/mol. The fourth-order valence-corrected chi connectivity index (χ4v) is 4.68. The maximum absolute atomic E-state index is 5.94. The summed E-state index contributed by atoms with van der Waals surface area (Å²) < 4.78 is 18.9. The van der Waals surface area contributed by atoms with Crippen molar-refractivity contribution in [3.8, 4) is 40.0 Å². The number of aromatic nitrogens is 4. The van der Waals surface area contributed by atoms with Gasteiger partial charge in [-0.25, -0.2) is 4.98 Å². The summed E-state index contributed by atoms with van der Waals surface area (Å²) >= 11 is 1.55. The van der Waals surface area contributed by atoms with E-state index in [0.29, 0.717) is 17.5 Å². The number of ether oxygens (including phenoxy) is 2. The van der Waals surface area contributed by atoms with Crippen molar-refractivity contribution in [1.29, 1.82) is 0 Å². The molecule has 0 aliphatic carbocycles. The van der Waals surface area contributed by atoms with Gasteiger partial charge < -0.3 is 13.9 Å². The number of methoxy groups -OCH3 is 2. The molecule has 5 rings (SSSR count). The molecule has 0 unspecified atom stereocenters. The van der Waals surface area contributed by atoms with E-state index in [2.05, 4.69) is 10.2 Å². The van der Waals surface area contributed by atoms with Gasteiger partial charge in [-0.05, 0) is 55.5 Å². The van der Waals surface area contributed by atoms with E-state index >= 15 is 0 Å². The second kappa shape index (κ2) is 10.1. The minimum Gasteiger partial charge on any atom is -0.497 e. The first-order valence-electron chi connectivity index (χ1n) is 11.1. The van der Waals surface area contributed by atoms with Crippen LogP contribution < -0.4 is 9.47 Å². The van der Waals surface area contributed by atoms with Crippen LogP contribution in [0.5, 0.6) is 11.5 Å². The number of nitrogens with zero attached hydrogens (tertiary/aromatic N) is 4. The lowest BCUT2D eigenvalue weighted by atomic mass is 10.2. The fraction of sp³-hybridized carbons (Fsp3) is 0.148. The lowest BCUT2D eigenvalue weighted by Gasteiger charge is -2.13. The number of benzene rings is 3. The van der Waals surface area contributed by atoms with Crippen molar-refractivity contribution in [3.05, 3.63) is 90.3 Å². The van der Waals surface area contributed by atoms with Gasteiger partial charge in [0, 0.05) is 11.3 Å². The van der Waals surface area contributed by atoms with Crippen LogP contribution in [0.25, 0.3) is 28.5 Å². The number of para-hydroxylation sites is 1. The molecule has 7 nitrogen and oxygen atoms in total. The maximum atomic E-state index is 5.94. The largest absolute Gasteiger partial charge is 0.497 e. The van der Waals surface area contributed by atoms with Crippen molar-refractivity contribution in [2.45, 2.75) is 17.8 Å². The van der Waals surface area contributed by atoms with Crippen LogP contribution in [-0.4, -0.2) is 34.0 Å². The minimum atomic E-state index is 0.586. The number of hydrogen-bond donors (Lipinski definition) is 0. The molecule has 8 heteroatoms. The van der Waals surface area contributed by atoms with E-state index in [0.717, 1.165) is 44.9 Å². The number of oxazole rings is 1. The van der Waals surface area contributed by atoms with Gasteiger partial charge in [-0.1, -0.05) is 42.1 Å². The number of rotatable bonds is 8. The molecule has 176 valence electrons. The molecule has 0 N–H and O–H groups in total. The van der Waals surface area contributed by atoms with Crippen molar-refractivity contribution >= 4 is 11.8 Å². The zero-order valence-electron chi connectivity index (χ0n) is 19.6. The summed E-state index contributed by atoms with van der Waals surface area (Å²) in [4.78, 5) is 4.73. The Morgan fingerprint density at radius 2 is 1.60 bits per heavy atom. The molecule has 0 amide bonds. The fourth-order valence-electron chi connectivity index (χ4n) is 3.73. The molecule has 0 aliphatic heterocycles. The Hall–Kier alpha value is -4.04. The first kappa shape index (κ1) is 22.7. The highest BCUT2D eigenvalue weighted by atomic mass is 32.2. The second-order valence-electron chi connectivity index (χ2n) is 7.72. The molecule has 0 aliphatic rings. The smallest absolute Gasteiger partial charge is 0.226 e. The highest BCUT2D eigenvalue weighted by Crippen LogP contribution is 2.35. The van der Waals surface area contributed by atoms with Gasteiger partial charge in [-0.2, -0.15) is 0 Å². The van der Waals surface area contributed by atoms with E-state index in [9.17, 15) is 0 Å². The third-order valence-corrected chi connectivity index (χ3v) is 6.50. The monoisotopic (exact) mass is 484 g/mol. The topological polar surface area (TPSA) is 75.2 Å². The van der Waals surface area contributed by atoms with Crippen molar-refractivity contribution in [2.75, 3.05) is 14.2 Å². The quantitative estimate of drug-likeness (QED) is 0.242. The van der Waals surface area contributed by atoms with Crippen molar-refractivity contribution in [1.82, 2.24) is 19.7 Å². The average Bonchev–Trinajstić information content (AvgIpc) is 3.51. The van der Waals surface area contributed by atoms with Gasteiger partial charge in [-0.15, -0.1) is 10.2 Å². The van der Waals surface area contributed by atoms with Gasteiger partial charge in [-0.3, -0.25) is 4.57 Å². The van der Waals surface area contributed by atoms with E-state index in [1.807, 2.05) is 90.4 Å². The molecule has 35 heavy (non-hydrogen) atoms. The van der Waals surface area contributed by atoms with Crippen LogP contribution in [0, 0.1) is 6.92 Å². The van der Waals surface area contributed by atoms with Gasteiger partial charge >= 0.3 is 0 Å². The van der Waals surface area contributed by atoms with E-state index < -0.39 is 0 Å². The Labute approximate surface area is 207 Å². The van der Waals surface area contributed by atoms with E-state index in [1.165, 1.54) is 0 Å². The van der Waals surface area contributed by atoms with Gasteiger partial charge in [0.1, 0.15) is 17.3 Å². The molecule has 2 heterocycles. The molecule has 0 bridgehead atoms. The summed E-state index contributed by atoms with van der Waals surface area (Å²) in [5.74, 6) is 4.19. The molecule has 0 atom stereocenters. The van der Waals surface area contributed by atoms with E-state index in [-0.39, 0.29) is 0 Å². The summed E-state index contributed by atoms with van der Waals surface area (Å²) in [6.45, 7) is 1.93. The summed E-state index contributed by atoms with van der Waals surface area (Å²) in [6, 6.07) is 25.5. The minimum absolute atomic E-state index is 0.586. The molecule has 0 radical (unpaired) electrons. The Morgan fingerprint density at radius 3 is 2.34 bits per heavy atom. The van der Waals surface area contributed by atoms with Crippen LogP contribution in [0.4, 0.5) is 0 Å². The van der Waals surface area contributed by atoms with Crippen LogP contribution in [0.2, 0.25) is 0 Å². The molecular formula is C27H24N4O3S. The number of thioether (sulfide) groups is 1. The van der Waals surface area contributed by atoms with Gasteiger partial charge in [0.15, 0.2) is 11.0 Å². The molecule has 0 saturated carbocycles. The lowest BCUT2D eigenvalue weighted by molar-refractivity contribution is 0.414. The molecule has 3 aromatic carbocycles. The third kappa shape index (κ3) is 4.65. The van der Waals surface area contributed by atoms with Gasteiger partial charge in [0.25, 0.3) is 0 Å². The Morgan fingerprint density at radius 1 is 0.857 bits per heavy atom. The molecular weight excluding hydrogens is 460 g/mol. The Kier molecular flexibility index (Phi) is 6.54. The summed E-state index contributed by atoms with van der Waals surface area (Å²) in [7, 11) is 3.31. The molecule has 0 fully saturated rings. The SMILES string of the molecule is COc1ccc(-n2c(SCc3nc(-c4ccccc4)oc3C)nnc2-c2ccccc2OC)cc1. The Balaban J connectivity index is 1.51. The lowest BCUT2D eigenvalue weighted by Crippen LogP contribution is -2.01. The van der Waals surface area contributed by atoms with Crippen molar-refractivity contribution in [2.24, 2.45) is 0 Å². The summed E-state index contributed by atoms with van der Waals surface area (Å²) in [5, 5.41) is 9.80. The zero-order valence-corrected chi connectivity index (χ0v) is 20.5. The maximum Gasteiger partial charge on any atom is 0.226 e. The standard InChI is InChI=1S/C27H24N4O3S/c1-18-23(28-26(34-18)19-9-5-4-6-10-19)17-35-27-30-29-25(22-11-7-8-12-24(22)33-3)31(27)20-13-15-21(32-2)16-14-20/h4-16H,17H2,1-3H3. The zero-order chi connectivity index (χ0) is 24.2. The number of hydrogen-bond acceptors (Lipinski definition) is 7. The predicted molar refractivity (Wildman–Crippen MR) is 136 cm³/mol. The van der Waals surface area contributed by atoms with Crippen molar-refractivity contribution < 1.29 is 13.9 Å². The normalized spacial score (nSPS) is 10.9. The van der Waals surface area contributed by atoms with Crippen LogP contribution in [-0.2, 0) is 5.75 Å². The molecule has 0 saturated heterocycles. The van der Waals surface area contributed by atoms with Crippen LogP contribution >= 0.6 is 11.8 Å². The molecule has 5 aromatic rings. The highest BCUT2D eigenvalue weighted by molar-refractivity contribution is 7.98. The third-order valence-electron chi connectivity index (χ3n) is 5.56. The molecule has 0 spiro atoms. The van der Waals surface area contributed by atoms with Gasteiger partial charge in [0.05, 0.1) is 31.2 Å². The summed E-state index contributed by atoms with van der Waals surface area (Å²) in [6.07, 6.45) is 0. The number of aryl methyl sites for hydroxylation is 1. The predicted octanol–water partition coefficient (Wildman–Crippen LogP) is 6.21. The van der Waals surface area contributed by atoms with Gasteiger partial charge in [0.2, 0.25) is 5.89 Å². The van der Waals surface area contributed by atoms with Crippen LogP contribution in [0.1, 0.15) is 11.5 Å². The van der Waals surface area contributed by atoms with Crippen LogP contribution in [0.15, 0.2) is 88.4 Å². The van der Waals surface area contributed by atoms with E-state index in [4.69, 9.17) is 18.9 Å². The van der Waals surface area contributed by atoms with E-state index in [1.54, 1.807) is 26.0 Å².